The topological polar surface area (TPSA) is 64.9 Å². The summed E-state index contributed by atoms with van der Waals surface area (Å²) in [6, 6.07) is 10.4. The first-order valence-corrected chi connectivity index (χ1v) is 10.4. The van der Waals surface area contributed by atoms with Gasteiger partial charge in [-0.05, 0) is 45.0 Å². The van der Waals surface area contributed by atoms with Crippen molar-refractivity contribution in [3.05, 3.63) is 66.5 Å². The molecule has 7 nitrogen and oxygen atoms in total. The molecule has 29 heavy (non-hydrogen) atoms. The second kappa shape index (κ2) is 7.83. The highest BCUT2D eigenvalue weighted by Crippen LogP contribution is 2.29. The quantitative estimate of drug-likeness (QED) is 0.503. The number of benzene rings is 1. The maximum Gasteiger partial charge on any atom is 0.153 e. The zero-order valence-corrected chi connectivity index (χ0v) is 16.7. The van der Waals surface area contributed by atoms with Crippen molar-refractivity contribution >= 4 is 11.0 Å². The molecule has 0 aliphatic carbocycles. The van der Waals surface area contributed by atoms with E-state index in [9.17, 15) is 0 Å². The minimum atomic E-state index is 0.464. The summed E-state index contributed by atoms with van der Waals surface area (Å²) >= 11 is 0. The maximum absolute atomic E-state index is 6.00. The van der Waals surface area contributed by atoms with Crippen LogP contribution in [0.3, 0.4) is 0 Å². The summed E-state index contributed by atoms with van der Waals surface area (Å²) in [6.07, 6.45) is 7.79. The Kier molecular flexibility index (Phi) is 4.89. The SMILES string of the molecule is CCn1c(Cn2ccnc2)nnc1C1CCN(Cc2cc3ccccc3o2)CC1. The third kappa shape index (κ3) is 3.70. The Hall–Kier alpha value is -2.93. The number of fused-ring (bicyclic) bond motifs is 1. The molecule has 0 saturated carbocycles. The second-order valence-corrected chi connectivity index (χ2v) is 7.75. The first-order chi connectivity index (χ1) is 14.3. The molecule has 4 heterocycles. The highest BCUT2D eigenvalue weighted by Gasteiger charge is 2.26. The van der Waals surface area contributed by atoms with Gasteiger partial charge in [-0.3, -0.25) is 4.90 Å². The van der Waals surface area contributed by atoms with Crippen LogP contribution >= 0.6 is 0 Å². The number of furan rings is 1. The molecule has 1 fully saturated rings. The number of aromatic nitrogens is 5. The summed E-state index contributed by atoms with van der Waals surface area (Å²) in [4.78, 5) is 6.60. The van der Waals surface area contributed by atoms with Gasteiger partial charge in [0.25, 0.3) is 0 Å². The average Bonchev–Trinajstić information content (AvgIpc) is 3.48. The van der Waals surface area contributed by atoms with Gasteiger partial charge in [0.2, 0.25) is 0 Å². The van der Waals surface area contributed by atoms with Crippen LogP contribution in [0.5, 0.6) is 0 Å². The van der Waals surface area contributed by atoms with Gasteiger partial charge in [-0.15, -0.1) is 10.2 Å². The van der Waals surface area contributed by atoms with Gasteiger partial charge in [0.1, 0.15) is 17.2 Å². The molecule has 7 heteroatoms. The van der Waals surface area contributed by atoms with E-state index in [2.05, 4.69) is 49.8 Å². The van der Waals surface area contributed by atoms with E-state index in [1.165, 1.54) is 5.39 Å². The molecule has 3 aromatic heterocycles. The molecule has 1 aliphatic heterocycles. The molecule has 1 aliphatic rings. The molecule has 1 aromatic carbocycles. The number of para-hydroxylation sites is 1. The average molecular weight is 390 g/mol. The molecule has 0 radical (unpaired) electrons. The summed E-state index contributed by atoms with van der Waals surface area (Å²) in [5.74, 6) is 3.64. The van der Waals surface area contributed by atoms with Crippen LogP contribution < -0.4 is 0 Å². The van der Waals surface area contributed by atoms with Crippen molar-refractivity contribution in [2.45, 2.75) is 45.3 Å². The molecule has 150 valence electrons. The smallest absolute Gasteiger partial charge is 0.153 e. The summed E-state index contributed by atoms with van der Waals surface area (Å²) in [5.41, 5.74) is 0.971. The van der Waals surface area contributed by atoms with Crippen molar-refractivity contribution in [3.8, 4) is 0 Å². The molecular formula is C22H26N6O. The molecule has 5 rings (SSSR count). The van der Waals surface area contributed by atoms with Crippen molar-refractivity contribution in [2.75, 3.05) is 13.1 Å². The summed E-state index contributed by atoms with van der Waals surface area (Å²) in [6.45, 7) is 6.75. The van der Waals surface area contributed by atoms with Gasteiger partial charge in [0, 0.05) is 30.2 Å². The minimum Gasteiger partial charge on any atom is -0.460 e. The number of hydrogen-bond acceptors (Lipinski definition) is 5. The van der Waals surface area contributed by atoms with Gasteiger partial charge in [-0.2, -0.15) is 0 Å². The van der Waals surface area contributed by atoms with E-state index in [1.807, 2.05) is 29.2 Å². The fourth-order valence-corrected chi connectivity index (χ4v) is 4.34. The minimum absolute atomic E-state index is 0.464. The Morgan fingerprint density at radius 3 is 2.72 bits per heavy atom. The molecule has 1 saturated heterocycles. The lowest BCUT2D eigenvalue weighted by Crippen LogP contribution is -2.33. The molecule has 0 atom stereocenters. The van der Waals surface area contributed by atoms with Gasteiger partial charge in [-0.25, -0.2) is 4.98 Å². The van der Waals surface area contributed by atoms with E-state index in [1.54, 1.807) is 6.20 Å². The van der Waals surface area contributed by atoms with Gasteiger partial charge < -0.3 is 13.6 Å². The number of piperidine rings is 1. The number of likely N-dealkylation sites (tertiary alicyclic amines) is 1. The van der Waals surface area contributed by atoms with Crippen LogP contribution in [0.4, 0.5) is 0 Å². The first kappa shape index (κ1) is 18.1. The van der Waals surface area contributed by atoms with Crippen LogP contribution in [0.25, 0.3) is 11.0 Å². The normalized spacial score (nSPS) is 16.0. The van der Waals surface area contributed by atoms with Crippen molar-refractivity contribution < 1.29 is 4.42 Å². The summed E-state index contributed by atoms with van der Waals surface area (Å²) in [7, 11) is 0. The number of rotatable bonds is 6. The number of imidazole rings is 1. The lowest BCUT2D eigenvalue weighted by molar-refractivity contribution is 0.188. The van der Waals surface area contributed by atoms with E-state index in [0.717, 1.165) is 62.0 Å². The van der Waals surface area contributed by atoms with E-state index >= 15 is 0 Å². The van der Waals surface area contributed by atoms with Crippen molar-refractivity contribution in [2.24, 2.45) is 0 Å². The Morgan fingerprint density at radius 2 is 1.97 bits per heavy atom. The zero-order valence-electron chi connectivity index (χ0n) is 16.7. The van der Waals surface area contributed by atoms with E-state index in [-0.39, 0.29) is 0 Å². The van der Waals surface area contributed by atoms with Crippen LogP contribution in [-0.4, -0.2) is 42.3 Å². The fraction of sp³-hybridized carbons (Fsp3) is 0.409. The highest BCUT2D eigenvalue weighted by atomic mass is 16.3. The van der Waals surface area contributed by atoms with Crippen molar-refractivity contribution in [1.82, 2.24) is 29.2 Å². The zero-order chi connectivity index (χ0) is 19.6. The van der Waals surface area contributed by atoms with E-state index in [4.69, 9.17) is 4.42 Å². The van der Waals surface area contributed by atoms with Crippen LogP contribution in [0.2, 0.25) is 0 Å². The van der Waals surface area contributed by atoms with Gasteiger partial charge >= 0.3 is 0 Å². The maximum atomic E-state index is 6.00. The monoisotopic (exact) mass is 390 g/mol. The number of hydrogen-bond donors (Lipinski definition) is 0. The molecule has 0 bridgehead atoms. The van der Waals surface area contributed by atoms with Crippen LogP contribution in [0, 0.1) is 0 Å². The Bertz CT molecular complexity index is 1040. The van der Waals surface area contributed by atoms with Crippen LogP contribution in [-0.2, 0) is 19.6 Å². The molecular weight excluding hydrogens is 364 g/mol. The van der Waals surface area contributed by atoms with Gasteiger partial charge in [0.15, 0.2) is 5.82 Å². The third-order valence-electron chi connectivity index (χ3n) is 5.86. The van der Waals surface area contributed by atoms with E-state index in [0.29, 0.717) is 12.5 Å². The third-order valence-corrected chi connectivity index (χ3v) is 5.86. The van der Waals surface area contributed by atoms with Gasteiger partial charge in [-0.1, -0.05) is 18.2 Å². The molecule has 0 amide bonds. The lowest BCUT2D eigenvalue weighted by atomic mass is 9.95. The molecule has 0 N–H and O–H groups in total. The molecule has 4 aromatic rings. The Balaban J connectivity index is 1.24. The Labute approximate surface area is 170 Å². The van der Waals surface area contributed by atoms with Crippen LogP contribution in [0.1, 0.15) is 43.1 Å². The first-order valence-electron chi connectivity index (χ1n) is 10.4. The largest absolute Gasteiger partial charge is 0.460 e. The van der Waals surface area contributed by atoms with E-state index < -0.39 is 0 Å². The van der Waals surface area contributed by atoms with Crippen molar-refractivity contribution in [3.63, 3.8) is 0 Å². The second-order valence-electron chi connectivity index (χ2n) is 7.75. The molecule has 0 unspecified atom stereocenters. The fourth-order valence-electron chi connectivity index (χ4n) is 4.34. The Morgan fingerprint density at radius 1 is 1.10 bits per heavy atom. The summed E-state index contributed by atoms with van der Waals surface area (Å²) in [5, 5.41) is 10.2. The summed E-state index contributed by atoms with van der Waals surface area (Å²) < 4.78 is 10.3. The molecule has 0 spiro atoms. The number of nitrogens with zero attached hydrogens (tertiary/aromatic N) is 6. The van der Waals surface area contributed by atoms with Crippen LogP contribution in [0.15, 0.2) is 53.5 Å². The van der Waals surface area contributed by atoms with Crippen molar-refractivity contribution in [1.29, 1.82) is 0 Å². The highest BCUT2D eigenvalue weighted by molar-refractivity contribution is 5.77. The lowest BCUT2D eigenvalue weighted by Gasteiger charge is -2.31. The predicted octanol–water partition coefficient (Wildman–Crippen LogP) is 3.67. The predicted molar refractivity (Wildman–Crippen MR) is 110 cm³/mol. The van der Waals surface area contributed by atoms with Gasteiger partial charge in [0.05, 0.1) is 19.4 Å². The standard InChI is InChI=1S/C22H26N6O/c1-2-28-21(15-27-12-9-23-16-27)24-25-22(28)17-7-10-26(11-8-17)14-19-13-18-5-3-4-6-20(18)29-19/h3-6,9,12-13,16-17H,2,7-8,10-11,14-15H2,1H3.